The molecule has 751 valence electrons. The molecule has 8 bridgehead atoms. The summed E-state index contributed by atoms with van der Waals surface area (Å²) in [4.78, 5) is 151. The van der Waals surface area contributed by atoms with Crippen LogP contribution in [0, 0.1) is 105 Å². The van der Waals surface area contributed by atoms with E-state index < -0.39 is 143 Å². The van der Waals surface area contributed by atoms with E-state index in [1.54, 1.807) is 91.1 Å². The number of aromatic nitrogens is 6. The third kappa shape index (κ3) is 25.0. The van der Waals surface area contributed by atoms with Crippen LogP contribution in [0.4, 0.5) is 26.3 Å². The molecule has 139 heavy (non-hydrogen) atoms. The fourth-order valence-electron chi connectivity index (χ4n) is 22.6. The molecule has 28 nitrogen and oxygen atoms in total. The molecule has 3 aromatic heterocycles. The van der Waals surface area contributed by atoms with Crippen LogP contribution < -0.4 is 28.4 Å². The third-order valence-corrected chi connectivity index (χ3v) is 30.3. The van der Waals surface area contributed by atoms with Crippen LogP contribution in [-0.4, -0.2) is 207 Å². The van der Waals surface area contributed by atoms with Gasteiger partial charge in [0, 0.05) is 86.2 Å². The fourth-order valence-corrected chi connectivity index (χ4v) is 22.6. The van der Waals surface area contributed by atoms with Crippen LogP contribution in [-0.2, 0) is 132 Å². The maximum atomic E-state index is 14.7. The largest absolute Gasteiger partial charge is 0.540 e. The summed E-state index contributed by atoms with van der Waals surface area (Å²) in [5, 5.41) is 9.68. The minimum atomic E-state index is -4.90. The Kier molecular flexibility index (Phi) is 35.6. The van der Waals surface area contributed by atoms with Crippen molar-refractivity contribution < 1.29 is 168 Å². The predicted octanol–water partition coefficient (Wildman–Crippen LogP) is 16.4. The van der Waals surface area contributed by atoms with Crippen molar-refractivity contribution in [1.29, 1.82) is 5.26 Å². The van der Waals surface area contributed by atoms with Crippen molar-refractivity contribution in [3.63, 3.8) is 0 Å². The van der Waals surface area contributed by atoms with Crippen molar-refractivity contribution in [3.8, 4) is 41.0 Å². The van der Waals surface area contributed by atoms with E-state index >= 15 is 0 Å². The number of amides is 3. The van der Waals surface area contributed by atoms with Crippen molar-refractivity contribution in [3.05, 3.63) is 71.7 Å². The number of methoxy groups -OCH3 is 3. The number of nitrogens with zero attached hydrogens (tertiary/aromatic N) is 10. The Hall–Kier alpha value is -8.87. The number of hydrogen-bond donors (Lipinski definition) is 0. The van der Waals surface area contributed by atoms with Crippen LogP contribution in [0.5, 0.6) is 34.9 Å². The Labute approximate surface area is 842 Å². The van der Waals surface area contributed by atoms with Gasteiger partial charge >= 0.3 is 30.3 Å². The van der Waals surface area contributed by atoms with Crippen molar-refractivity contribution in [2.75, 3.05) is 41.0 Å². The van der Waals surface area contributed by atoms with E-state index in [0.717, 1.165) is 124 Å². The first-order valence-corrected chi connectivity index (χ1v) is 48.4. The van der Waals surface area contributed by atoms with Gasteiger partial charge in [-0.15, -0.1) is 0 Å². The Morgan fingerprint density at radius 2 is 0.755 bits per heavy atom. The Morgan fingerprint density at radius 1 is 0.388 bits per heavy atom. The Morgan fingerprint density at radius 3 is 1.17 bits per heavy atom. The second kappa shape index (κ2) is 45.4. The summed E-state index contributed by atoms with van der Waals surface area (Å²) in [5.74, 6) is -6.79. The number of benzene rings is 3. The summed E-state index contributed by atoms with van der Waals surface area (Å²) in [6.07, 6.45) is 9.21. The van der Waals surface area contributed by atoms with Gasteiger partial charge in [-0.05, 0) is 202 Å². The molecule has 5 aliphatic carbocycles. The van der Waals surface area contributed by atoms with Gasteiger partial charge in [0.1, 0.15) is 71.0 Å². The van der Waals surface area contributed by atoms with Crippen LogP contribution >= 0.6 is 0 Å². The van der Waals surface area contributed by atoms with Gasteiger partial charge in [-0.25, -0.2) is 48.8 Å². The van der Waals surface area contributed by atoms with E-state index in [1.807, 2.05) is 39.2 Å². The van der Waals surface area contributed by atoms with Gasteiger partial charge in [0.05, 0.1) is 129 Å². The number of ether oxygens (including phenoxy) is 9. The first-order chi connectivity index (χ1) is 64.7. The maximum Gasteiger partial charge on any atom is 0.395 e. The number of nitriles is 1. The zero-order valence-electron chi connectivity index (χ0n) is 80.8. The molecule has 8 fully saturated rings. The molecule has 5 saturated carbocycles. The third-order valence-electron chi connectivity index (χ3n) is 30.3. The van der Waals surface area contributed by atoms with E-state index in [1.165, 1.54) is 31.7 Å². The van der Waals surface area contributed by atoms with Crippen molar-refractivity contribution in [2.24, 2.45) is 93.2 Å². The van der Waals surface area contributed by atoms with Crippen LogP contribution in [0.25, 0.3) is 33.1 Å². The average molecular weight is 2050 g/mol. The SMILES string of the molecule is COc1ccc2nc3c(nc2c1)O[C@H]1CN(C(=O)[C@H](C(C)(C)C)CC(=O)O[C@@H]2CC4CC4[C@H]2CCCCC3)[C@H]([C-]=O)[C@@H]1C(F)(F)F.COc1ccc2nc3c(nc2c1)O[C@H]1CN(C(=O)[C@H](C(C)(C)C)CC(=O)O[C@@H]2C[C@H]2CCCCCC3)[C@H]([C-]=O)[C@@H]1CC#N.COc1ccc2nc3c(nc2c1)O[C@H]1CN(C(=O)[C@H](C(C)(C)C)CC(=O)O[C@@H]2[C@H]4CC[C@H](C4)[C@H]2CCCCC3)[C@H]([C-]=O)[C@@H]1C(F)(F)F.[V].[V].[V]. The molecule has 17 rings (SSSR count). The molecule has 6 aliphatic heterocycles. The second-order valence-corrected chi connectivity index (χ2v) is 42.4. The van der Waals surface area contributed by atoms with E-state index in [0.29, 0.717) is 124 Å². The standard InChI is InChI=1S/C35H43F3N3O6.C34H41F3N3O6.C33H41N4O6.3V/c1-34(2,3)23-16-29(43)47-31-20-11-10-19(14-20)22(31)8-6-5-7-9-25-32(40-26-15-21(45-4)12-13-24(26)39-25)46-28-17-41(33(23)44)27(18-42)30(28)35(36,37)38;1-33(2,3)22-15-29(42)45-27-13-18-12-21(18)20(27)8-6-5-7-9-24-31(39-25-14-19(44-4)10-11-23(25)38-24)46-28-16-40(32(22)43)26(17-41)30(28)34(35,36)37;1-33(2,3)23-17-30(39)42-28-15-20(28)9-7-5-6-8-10-25-31(36-26-16-21(41-4)11-12-24(26)35-25)43-29-18-37(32(23)40)27(19-38)22(29)13-14-34;;;/h12-13,15,19-20,22-23,27-28,30-31H,5-11,14,16-17H2,1-4H3;10-11,14,18,20-22,26-28,30H,5-9,12-13,15-16H2,1-4H3;11-12,16,20,22-23,27-29H,5-10,13,15,17-18H2,1-4H3;;;/q3*-1;;;/t19-,20+,22-,23-,27-,28+,30+,31-;18?,20-,21?,22-,26-,27-,28+,30+;20-,22+,23-,27-,28-,29+;;;/m111.../s1. The van der Waals surface area contributed by atoms with Gasteiger partial charge < -0.3 is 71.7 Å². The minimum Gasteiger partial charge on any atom is -0.540 e. The van der Waals surface area contributed by atoms with Crippen molar-refractivity contribution in [2.45, 2.75) is 296 Å². The van der Waals surface area contributed by atoms with Gasteiger partial charge in [-0.1, -0.05) is 113 Å². The number of aryl methyl sites for hydroxylation is 3. The van der Waals surface area contributed by atoms with Gasteiger partial charge in [0.2, 0.25) is 35.4 Å². The average Bonchev–Trinajstić information content (AvgIpc) is 1.60. The van der Waals surface area contributed by atoms with E-state index in [4.69, 9.17) is 62.6 Å². The number of fused-ring (bicyclic) bond motifs is 21. The number of alkyl halides is 6. The zero-order valence-corrected chi connectivity index (χ0v) is 85.0. The molecule has 2 unspecified atom stereocenters. The number of esters is 3. The van der Waals surface area contributed by atoms with E-state index in [9.17, 15) is 74.8 Å². The van der Waals surface area contributed by atoms with Crippen LogP contribution in [0.1, 0.15) is 227 Å². The quantitative estimate of drug-likeness (QED) is 0.0620. The normalized spacial score (nSPS) is 30.5. The summed E-state index contributed by atoms with van der Waals surface area (Å²) in [6.45, 7) is 15.2. The fraction of sp³-hybridized carbons (Fsp3) is 0.667. The number of carbonyl (C=O) groups is 6. The summed E-state index contributed by atoms with van der Waals surface area (Å²) in [6, 6.07) is 12.9. The first-order valence-electron chi connectivity index (χ1n) is 48.4. The Balaban J connectivity index is 0.000000185. The minimum absolute atomic E-state index is 0. The Bertz CT molecular complexity index is 5460. The molecular formula is C102H125F6N10O18V3-3. The van der Waals surface area contributed by atoms with Gasteiger partial charge in [0.25, 0.3) is 0 Å². The molecule has 3 radical (unpaired) electrons. The molecule has 0 spiro atoms. The molecule has 3 amide bonds. The van der Waals surface area contributed by atoms with Gasteiger partial charge in [-0.2, -0.15) is 31.6 Å². The summed E-state index contributed by atoms with van der Waals surface area (Å²) in [5.41, 5.74) is 2.50. The van der Waals surface area contributed by atoms with Crippen LogP contribution in [0.3, 0.4) is 0 Å². The number of hydrogen-bond acceptors (Lipinski definition) is 25. The number of carbonyl (C=O) groups excluding carboxylic acids is 9. The maximum absolute atomic E-state index is 14.7. The molecule has 3 saturated heterocycles. The summed E-state index contributed by atoms with van der Waals surface area (Å²) < 4.78 is 141. The van der Waals surface area contributed by atoms with Gasteiger partial charge in [0.15, 0.2) is 0 Å². The monoisotopic (exact) mass is 2040 g/mol. The topological polar surface area (TPSA) is 348 Å². The first kappa shape index (κ1) is 109. The molecule has 37 heteroatoms. The van der Waals surface area contributed by atoms with Crippen LogP contribution in [0.2, 0.25) is 0 Å². The molecule has 0 N–H and O–H groups in total. The predicted molar refractivity (Wildman–Crippen MR) is 484 cm³/mol. The smallest absolute Gasteiger partial charge is 0.395 e. The molecule has 3 aromatic carbocycles. The van der Waals surface area contributed by atoms with Crippen molar-refractivity contribution in [1.82, 2.24) is 44.6 Å². The molecule has 6 aromatic rings. The van der Waals surface area contributed by atoms with Gasteiger partial charge in [-0.3, -0.25) is 28.8 Å². The molecule has 22 atom stereocenters. The number of halogens is 6. The second-order valence-electron chi connectivity index (χ2n) is 42.4. The van der Waals surface area contributed by atoms with E-state index in [-0.39, 0.29) is 142 Å². The summed E-state index contributed by atoms with van der Waals surface area (Å²) >= 11 is 0. The number of rotatable bonds is 7. The van der Waals surface area contributed by atoms with Crippen molar-refractivity contribution >= 4 is 87.6 Å². The molecular weight excluding hydrogens is 1920 g/mol. The molecule has 11 aliphatic rings. The summed E-state index contributed by atoms with van der Waals surface area (Å²) in [7, 11) is 4.58. The van der Waals surface area contributed by atoms with Crippen LogP contribution in [0.15, 0.2) is 54.6 Å². The zero-order chi connectivity index (χ0) is 97.4. The van der Waals surface area contributed by atoms with E-state index in [2.05, 4.69) is 16.0 Å². The molecule has 9 heterocycles.